The molecule has 38 heavy (non-hydrogen) atoms. The lowest BCUT2D eigenvalue weighted by Crippen LogP contribution is -2.47. The number of carbonyl (C=O) groups excluding carboxylic acids is 3. The number of carbonyl (C=O) groups is 3. The summed E-state index contributed by atoms with van der Waals surface area (Å²) in [4.78, 5) is 42.6. The van der Waals surface area contributed by atoms with Crippen molar-refractivity contribution in [2.45, 2.75) is 31.8 Å². The monoisotopic (exact) mass is 513 g/mol. The molecule has 0 saturated heterocycles. The number of anilines is 2. The molecule has 0 spiro atoms. The summed E-state index contributed by atoms with van der Waals surface area (Å²) in [5, 5.41) is 2.88. The lowest BCUT2D eigenvalue weighted by atomic mass is 10.0. The van der Waals surface area contributed by atoms with Gasteiger partial charge >= 0.3 is 0 Å². The van der Waals surface area contributed by atoms with E-state index >= 15 is 0 Å². The van der Waals surface area contributed by atoms with Gasteiger partial charge in [-0.05, 0) is 42.3 Å². The number of nitrogens with zero attached hydrogens (tertiary/aromatic N) is 2. The fourth-order valence-electron chi connectivity index (χ4n) is 4.67. The van der Waals surface area contributed by atoms with Crippen LogP contribution in [0.2, 0.25) is 0 Å². The van der Waals surface area contributed by atoms with Crippen molar-refractivity contribution in [2.24, 2.45) is 0 Å². The Kier molecular flexibility index (Phi) is 8.05. The summed E-state index contributed by atoms with van der Waals surface area (Å²) in [5.74, 6) is -2.87. The highest BCUT2D eigenvalue weighted by atomic mass is 16.7. The molecule has 1 aliphatic rings. The van der Waals surface area contributed by atoms with Gasteiger partial charge in [0.25, 0.3) is 17.6 Å². The van der Waals surface area contributed by atoms with E-state index in [1.54, 1.807) is 30.0 Å². The smallest absolute Gasteiger partial charge is 0.292 e. The average Bonchev–Trinajstić information content (AvgIpc) is 3.19. The molecule has 1 heterocycles. The second-order valence-electron chi connectivity index (χ2n) is 8.89. The molecule has 1 atom stereocenters. The quantitative estimate of drug-likeness (QED) is 0.328. The fraction of sp³-hybridized carbons (Fsp3) is 0.233. The zero-order valence-corrected chi connectivity index (χ0v) is 21.7. The third-order valence-electron chi connectivity index (χ3n) is 6.68. The molecule has 3 amide bonds. The molecule has 8 nitrogen and oxygen atoms in total. The average molecular weight is 514 g/mol. The minimum atomic E-state index is -1.69. The highest BCUT2D eigenvalue weighted by Crippen LogP contribution is 2.45. The molecule has 0 bridgehead atoms. The Morgan fingerprint density at radius 2 is 1.61 bits per heavy atom. The molecule has 3 aromatic carbocycles. The number of methoxy groups -OCH3 is 2. The minimum Gasteiger partial charge on any atom is -0.350 e. The van der Waals surface area contributed by atoms with Crippen LogP contribution in [0.15, 0.2) is 91.5 Å². The van der Waals surface area contributed by atoms with Gasteiger partial charge in [0.2, 0.25) is 5.91 Å². The number of amides is 3. The molecule has 4 rings (SSSR count). The zero-order valence-electron chi connectivity index (χ0n) is 21.7. The first-order valence-electron chi connectivity index (χ1n) is 12.2. The van der Waals surface area contributed by atoms with Crippen molar-refractivity contribution >= 4 is 29.1 Å². The van der Waals surface area contributed by atoms with Crippen molar-refractivity contribution in [1.29, 1.82) is 0 Å². The Labute approximate surface area is 222 Å². The van der Waals surface area contributed by atoms with Crippen molar-refractivity contribution < 1.29 is 23.9 Å². The van der Waals surface area contributed by atoms with Crippen LogP contribution in [-0.2, 0) is 42.7 Å². The van der Waals surface area contributed by atoms with E-state index in [-0.39, 0.29) is 11.8 Å². The molecular weight excluding hydrogens is 482 g/mol. The maximum absolute atomic E-state index is 13.6. The largest absolute Gasteiger partial charge is 0.350 e. The SMILES string of the molecule is C=CC(=O)N(c1ccc2c(c1)C(OC)(OC)C(=O)N2Cc1ccccc1)C(C)C(=O)NCc1ccccc1. The third-order valence-corrected chi connectivity index (χ3v) is 6.68. The van der Waals surface area contributed by atoms with E-state index in [1.807, 2.05) is 60.7 Å². The Morgan fingerprint density at radius 1 is 1.00 bits per heavy atom. The number of rotatable bonds is 10. The van der Waals surface area contributed by atoms with Gasteiger partial charge in [-0.15, -0.1) is 0 Å². The van der Waals surface area contributed by atoms with Gasteiger partial charge in [-0.1, -0.05) is 67.2 Å². The Hall–Kier alpha value is -4.27. The summed E-state index contributed by atoms with van der Waals surface area (Å²) in [5.41, 5.74) is 3.32. The van der Waals surface area contributed by atoms with Crippen molar-refractivity contribution in [2.75, 3.05) is 24.0 Å². The highest BCUT2D eigenvalue weighted by Gasteiger charge is 2.53. The molecule has 0 aliphatic carbocycles. The van der Waals surface area contributed by atoms with Crippen molar-refractivity contribution in [1.82, 2.24) is 5.32 Å². The molecule has 0 radical (unpaired) electrons. The van der Waals surface area contributed by atoms with Gasteiger partial charge in [-0.3, -0.25) is 19.3 Å². The fourth-order valence-corrected chi connectivity index (χ4v) is 4.67. The van der Waals surface area contributed by atoms with E-state index in [1.165, 1.54) is 19.1 Å². The predicted octanol–water partition coefficient (Wildman–Crippen LogP) is 3.90. The van der Waals surface area contributed by atoms with Gasteiger partial charge < -0.3 is 19.7 Å². The van der Waals surface area contributed by atoms with Crippen LogP contribution in [0.4, 0.5) is 11.4 Å². The molecule has 8 heteroatoms. The first-order valence-corrected chi connectivity index (χ1v) is 12.2. The molecule has 0 saturated carbocycles. The number of hydrogen-bond donors (Lipinski definition) is 1. The number of hydrogen-bond acceptors (Lipinski definition) is 5. The summed E-state index contributed by atoms with van der Waals surface area (Å²) in [6.45, 7) is 5.89. The molecule has 1 N–H and O–H groups in total. The van der Waals surface area contributed by atoms with E-state index in [2.05, 4.69) is 11.9 Å². The third kappa shape index (κ3) is 4.96. The number of nitrogens with one attached hydrogen (secondary N) is 1. The van der Waals surface area contributed by atoms with E-state index in [4.69, 9.17) is 9.47 Å². The van der Waals surface area contributed by atoms with Crippen molar-refractivity contribution in [3.8, 4) is 0 Å². The van der Waals surface area contributed by atoms with Crippen LogP contribution in [0.5, 0.6) is 0 Å². The second kappa shape index (κ2) is 11.4. The lowest BCUT2D eigenvalue weighted by molar-refractivity contribution is -0.209. The summed E-state index contributed by atoms with van der Waals surface area (Å²) < 4.78 is 11.3. The minimum absolute atomic E-state index is 0.314. The van der Waals surface area contributed by atoms with E-state index in [0.717, 1.165) is 17.2 Å². The van der Waals surface area contributed by atoms with Crippen LogP contribution < -0.4 is 15.1 Å². The summed E-state index contributed by atoms with van der Waals surface area (Å²) in [6, 6.07) is 23.3. The normalized spacial score (nSPS) is 14.5. The predicted molar refractivity (Wildman–Crippen MR) is 145 cm³/mol. The summed E-state index contributed by atoms with van der Waals surface area (Å²) >= 11 is 0. The zero-order chi connectivity index (χ0) is 27.3. The van der Waals surface area contributed by atoms with Gasteiger partial charge in [0.15, 0.2) is 0 Å². The molecular formula is C30H31N3O5. The Balaban J connectivity index is 1.69. The maximum Gasteiger partial charge on any atom is 0.292 e. The van der Waals surface area contributed by atoms with Gasteiger partial charge in [-0.2, -0.15) is 0 Å². The standard InChI is InChI=1S/C30H31N3O5/c1-5-27(34)33(21(2)28(35)31-19-22-12-8-6-9-13-22)24-16-17-26-25(18-24)30(37-3,38-4)29(36)32(26)20-23-14-10-7-11-15-23/h5-18,21H,1,19-20H2,2-4H3,(H,31,35). The number of fused-ring (bicyclic) bond motifs is 1. The van der Waals surface area contributed by atoms with Crippen LogP contribution >= 0.6 is 0 Å². The van der Waals surface area contributed by atoms with Crippen LogP contribution in [-0.4, -0.2) is 38.0 Å². The van der Waals surface area contributed by atoms with Crippen molar-refractivity contribution in [3.63, 3.8) is 0 Å². The topological polar surface area (TPSA) is 88.2 Å². The second-order valence-corrected chi connectivity index (χ2v) is 8.89. The number of benzene rings is 3. The molecule has 196 valence electrons. The molecule has 1 unspecified atom stereocenters. The Bertz CT molecular complexity index is 1320. The van der Waals surface area contributed by atoms with Crippen LogP contribution in [0.3, 0.4) is 0 Å². The first kappa shape index (κ1) is 26.8. The van der Waals surface area contributed by atoms with Crippen molar-refractivity contribution in [3.05, 3.63) is 108 Å². The molecule has 0 aromatic heterocycles. The molecule has 1 aliphatic heterocycles. The lowest BCUT2D eigenvalue weighted by Gasteiger charge is -2.29. The molecule has 3 aromatic rings. The van der Waals surface area contributed by atoms with E-state index in [0.29, 0.717) is 30.0 Å². The molecule has 0 fully saturated rings. The maximum atomic E-state index is 13.6. The first-order chi connectivity index (χ1) is 18.4. The Morgan fingerprint density at radius 3 is 2.18 bits per heavy atom. The number of ether oxygens (including phenoxy) is 2. The van der Waals surface area contributed by atoms with Crippen LogP contribution in [0.25, 0.3) is 0 Å². The van der Waals surface area contributed by atoms with Crippen LogP contribution in [0, 0.1) is 0 Å². The van der Waals surface area contributed by atoms with Gasteiger partial charge in [0, 0.05) is 32.0 Å². The van der Waals surface area contributed by atoms with E-state index in [9.17, 15) is 14.4 Å². The highest BCUT2D eigenvalue weighted by molar-refractivity contribution is 6.09. The van der Waals surface area contributed by atoms with Gasteiger partial charge in [0.1, 0.15) is 6.04 Å². The summed E-state index contributed by atoms with van der Waals surface area (Å²) in [6.07, 6.45) is 1.15. The van der Waals surface area contributed by atoms with E-state index < -0.39 is 17.7 Å². The van der Waals surface area contributed by atoms with Gasteiger partial charge in [-0.25, -0.2) is 0 Å². The summed E-state index contributed by atoms with van der Waals surface area (Å²) in [7, 11) is 2.80. The van der Waals surface area contributed by atoms with Crippen LogP contribution in [0.1, 0.15) is 23.6 Å². The van der Waals surface area contributed by atoms with Gasteiger partial charge in [0.05, 0.1) is 12.2 Å².